The molecule has 0 aromatic rings. The van der Waals surface area contributed by atoms with Gasteiger partial charge in [-0.15, -0.1) is 0 Å². The number of hydrogen-bond donors (Lipinski definition) is 1. The summed E-state index contributed by atoms with van der Waals surface area (Å²) >= 11 is 0. The molecule has 3 unspecified atom stereocenters. The van der Waals surface area contributed by atoms with Crippen molar-refractivity contribution in [3.05, 3.63) is 0 Å². The molecule has 3 atom stereocenters. The molecule has 1 aliphatic heterocycles. The molecule has 100 valence electrons. The molecule has 17 heavy (non-hydrogen) atoms. The van der Waals surface area contributed by atoms with Gasteiger partial charge in [-0.25, -0.2) is 0 Å². The Morgan fingerprint density at radius 2 is 1.82 bits per heavy atom. The van der Waals surface area contributed by atoms with E-state index in [-0.39, 0.29) is 0 Å². The van der Waals surface area contributed by atoms with Gasteiger partial charge in [0.15, 0.2) is 0 Å². The van der Waals surface area contributed by atoms with E-state index in [0.29, 0.717) is 11.6 Å². The van der Waals surface area contributed by atoms with Crippen molar-refractivity contribution in [1.29, 1.82) is 0 Å². The summed E-state index contributed by atoms with van der Waals surface area (Å²) < 4.78 is 0. The summed E-state index contributed by atoms with van der Waals surface area (Å²) in [6.45, 7) is 14.4. The van der Waals surface area contributed by atoms with E-state index in [2.05, 4.69) is 44.8 Å². The Kier molecular flexibility index (Phi) is 3.84. The molecule has 2 fully saturated rings. The van der Waals surface area contributed by atoms with Crippen molar-refractivity contribution in [2.45, 2.75) is 71.5 Å². The van der Waals surface area contributed by atoms with E-state index < -0.39 is 0 Å². The monoisotopic (exact) mass is 238 g/mol. The molecular weight excluding hydrogens is 208 g/mol. The van der Waals surface area contributed by atoms with Crippen LogP contribution in [0, 0.1) is 11.8 Å². The van der Waals surface area contributed by atoms with Crippen molar-refractivity contribution < 1.29 is 0 Å². The van der Waals surface area contributed by atoms with Gasteiger partial charge in [0.05, 0.1) is 0 Å². The molecule has 0 spiro atoms. The normalized spacial score (nSPS) is 36.2. The Morgan fingerprint density at radius 1 is 1.18 bits per heavy atom. The maximum atomic E-state index is 3.65. The highest BCUT2D eigenvalue weighted by Crippen LogP contribution is 2.45. The van der Waals surface area contributed by atoms with Gasteiger partial charge in [0.2, 0.25) is 0 Å². The smallest absolute Gasteiger partial charge is 0.0184 e. The van der Waals surface area contributed by atoms with Crippen molar-refractivity contribution in [1.82, 2.24) is 10.2 Å². The highest BCUT2D eigenvalue weighted by molar-refractivity contribution is 5.01. The van der Waals surface area contributed by atoms with Crippen LogP contribution in [-0.4, -0.2) is 35.6 Å². The van der Waals surface area contributed by atoms with Gasteiger partial charge in [-0.3, -0.25) is 4.90 Å². The molecule has 2 aliphatic rings. The third kappa shape index (κ3) is 2.53. The number of rotatable bonds is 4. The quantitative estimate of drug-likeness (QED) is 0.810. The Labute approximate surface area is 107 Å². The third-order valence-corrected chi connectivity index (χ3v) is 5.35. The average molecular weight is 238 g/mol. The van der Waals surface area contributed by atoms with Gasteiger partial charge >= 0.3 is 0 Å². The van der Waals surface area contributed by atoms with Crippen molar-refractivity contribution in [2.75, 3.05) is 13.1 Å². The minimum absolute atomic E-state index is 0.421. The van der Waals surface area contributed by atoms with Gasteiger partial charge in [0.25, 0.3) is 0 Å². The molecule has 2 heteroatoms. The lowest BCUT2D eigenvalue weighted by Gasteiger charge is -2.51. The minimum Gasteiger partial charge on any atom is -0.314 e. The van der Waals surface area contributed by atoms with Crippen LogP contribution in [0.5, 0.6) is 0 Å². The molecule has 1 saturated carbocycles. The van der Waals surface area contributed by atoms with Crippen LogP contribution in [0.25, 0.3) is 0 Å². The van der Waals surface area contributed by atoms with Gasteiger partial charge in [0.1, 0.15) is 0 Å². The van der Waals surface area contributed by atoms with Crippen LogP contribution in [0.4, 0.5) is 0 Å². The van der Waals surface area contributed by atoms with Crippen molar-refractivity contribution in [3.8, 4) is 0 Å². The van der Waals surface area contributed by atoms with Crippen LogP contribution >= 0.6 is 0 Å². The fourth-order valence-electron chi connectivity index (χ4n) is 3.75. The summed E-state index contributed by atoms with van der Waals surface area (Å²) in [6.07, 6.45) is 4.21. The molecule has 0 bridgehead atoms. The van der Waals surface area contributed by atoms with E-state index >= 15 is 0 Å². The van der Waals surface area contributed by atoms with Crippen molar-refractivity contribution >= 4 is 0 Å². The Balaban J connectivity index is 2.02. The average Bonchev–Trinajstić information content (AvgIpc) is 3.08. The van der Waals surface area contributed by atoms with Crippen LogP contribution in [0.1, 0.15) is 53.9 Å². The lowest BCUT2D eigenvalue weighted by molar-refractivity contribution is -0.00628. The van der Waals surface area contributed by atoms with E-state index in [1.54, 1.807) is 0 Å². The van der Waals surface area contributed by atoms with E-state index in [9.17, 15) is 0 Å². The van der Waals surface area contributed by atoms with Crippen molar-refractivity contribution in [2.24, 2.45) is 11.8 Å². The predicted octanol–water partition coefficient (Wildman–Crippen LogP) is 2.88. The fourth-order valence-corrected chi connectivity index (χ4v) is 3.75. The van der Waals surface area contributed by atoms with Crippen molar-refractivity contribution in [3.63, 3.8) is 0 Å². The number of piperidine rings is 1. The number of nitrogens with zero attached hydrogens (tertiary/aromatic N) is 1. The van der Waals surface area contributed by atoms with Gasteiger partial charge in [0, 0.05) is 24.2 Å². The zero-order valence-electron chi connectivity index (χ0n) is 12.3. The molecule has 1 saturated heterocycles. The van der Waals surface area contributed by atoms with E-state index in [4.69, 9.17) is 0 Å². The first-order valence-electron chi connectivity index (χ1n) is 7.48. The third-order valence-electron chi connectivity index (χ3n) is 5.35. The molecule has 0 aromatic heterocycles. The van der Waals surface area contributed by atoms with E-state index in [1.807, 2.05) is 0 Å². The standard InChI is InChI=1S/C15H30N2/c1-6-16-14-9-10-17(12(3)11(14)2)15(4,5)13-7-8-13/h11-14,16H,6-10H2,1-5H3. The first-order valence-corrected chi connectivity index (χ1v) is 7.48. The molecule has 0 aromatic carbocycles. The minimum atomic E-state index is 0.421. The number of nitrogens with one attached hydrogen (secondary N) is 1. The van der Waals surface area contributed by atoms with Crippen LogP contribution in [0.2, 0.25) is 0 Å². The maximum Gasteiger partial charge on any atom is 0.0184 e. The summed E-state index contributed by atoms with van der Waals surface area (Å²) in [6, 6.07) is 1.43. The molecule has 0 amide bonds. The second-order valence-corrected chi connectivity index (χ2v) is 6.67. The molecular formula is C15H30N2. The second-order valence-electron chi connectivity index (χ2n) is 6.67. The van der Waals surface area contributed by atoms with Crippen LogP contribution in [-0.2, 0) is 0 Å². The highest BCUT2D eigenvalue weighted by Gasteiger charge is 2.46. The maximum absolute atomic E-state index is 3.65. The molecule has 1 N–H and O–H groups in total. The summed E-state index contributed by atoms with van der Waals surface area (Å²) in [5.41, 5.74) is 0.421. The van der Waals surface area contributed by atoms with E-state index in [0.717, 1.165) is 24.4 Å². The van der Waals surface area contributed by atoms with E-state index in [1.165, 1.54) is 25.8 Å². The summed E-state index contributed by atoms with van der Waals surface area (Å²) in [5.74, 6) is 1.72. The lowest BCUT2D eigenvalue weighted by atomic mass is 9.82. The fraction of sp³-hybridized carbons (Fsp3) is 1.00. The van der Waals surface area contributed by atoms with Gasteiger partial charge in [-0.1, -0.05) is 13.8 Å². The van der Waals surface area contributed by atoms with Gasteiger partial charge in [-0.2, -0.15) is 0 Å². The first-order chi connectivity index (χ1) is 7.98. The second kappa shape index (κ2) is 4.89. The van der Waals surface area contributed by atoms with Gasteiger partial charge < -0.3 is 5.32 Å². The topological polar surface area (TPSA) is 15.3 Å². The Bertz CT molecular complexity index is 258. The van der Waals surface area contributed by atoms with Gasteiger partial charge in [-0.05, 0) is 58.4 Å². The number of hydrogen-bond acceptors (Lipinski definition) is 2. The summed E-state index contributed by atoms with van der Waals surface area (Å²) in [5, 5.41) is 3.65. The summed E-state index contributed by atoms with van der Waals surface area (Å²) in [4.78, 5) is 2.78. The lowest BCUT2D eigenvalue weighted by Crippen LogP contribution is -2.60. The molecule has 0 radical (unpaired) electrons. The first kappa shape index (κ1) is 13.4. The number of likely N-dealkylation sites (tertiary alicyclic amines) is 1. The summed E-state index contributed by atoms with van der Waals surface area (Å²) in [7, 11) is 0. The van der Waals surface area contributed by atoms with Crippen LogP contribution in [0.3, 0.4) is 0 Å². The van der Waals surface area contributed by atoms with Crippen LogP contribution < -0.4 is 5.32 Å². The Hall–Kier alpha value is -0.0800. The highest BCUT2D eigenvalue weighted by atomic mass is 15.2. The SMILES string of the molecule is CCNC1CCN(C(C)(C)C2CC2)C(C)C1C. The molecule has 2 nitrogen and oxygen atoms in total. The predicted molar refractivity (Wildman–Crippen MR) is 74.2 cm³/mol. The zero-order chi connectivity index (χ0) is 12.6. The molecule has 2 rings (SSSR count). The molecule has 1 heterocycles. The molecule has 1 aliphatic carbocycles. The Morgan fingerprint density at radius 3 is 2.35 bits per heavy atom. The van der Waals surface area contributed by atoms with Crippen LogP contribution in [0.15, 0.2) is 0 Å². The largest absolute Gasteiger partial charge is 0.314 e. The zero-order valence-corrected chi connectivity index (χ0v) is 12.3.